The molecule has 1 aromatic carbocycles. The van der Waals surface area contributed by atoms with Crippen LogP contribution in [0.1, 0.15) is 30.6 Å². The first kappa shape index (κ1) is 14.5. The van der Waals surface area contributed by atoms with Gasteiger partial charge in [0.15, 0.2) is 0 Å². The second-order valence-corrected chi connectivity index (χ2v) is 6.10. The Labute approximate surface area is 117 Å². The lowest BCUT2D eigenvalue weighted by molar-refractivity contribution is -0.145. The molecule has 1 N–H and O–H groups in total. The lowest BCUT2D eigenvalue weighted by Crippen LogP contribution is -2.49. The SMILES string of the molecule is CC1(C)CC(C(=O)O)CN(C(=O)c2ccc(F)cc2)C1. The van der Waals surface area contributed by atoms with Crippen molar-refractivity contribution < 1.29 is 19.1 Å². The van der Waals surface area contributed by atoms with Gasteiger partial charge < -0.3 is 10.0 Å². The van der Waals surface area contributed by atoms with E-state index < -0.39 is 17.7 Å². The van der Waals surface area contributed by atoms with Gasteiger partial charge in [0.05, 0.1) is 5.92 Å². The van der Waals surface area contributed by atoms with E-state index in [4.69, 9.17) is 0 Å². The van der Waals surface area contributed by atoms with Gasteiger partial charge in [-0.1, -0.05) is 13.8 Å². The van der Waals surface area contributed by atoms with E-state index in [0.29, 0.717) is 18.5 Å². The maximum Gasteiger partial charge on any atom is 0.308 e. The van der Waals surface area contributed by atoms with Crippen LogP contribution < -0.4 is 0 Å². The predicted molar refractivity (Wildman–Crippen MR) is 71.8 cm³/mol. The molecule has 1 aliphatic rings. The summed E-state index contributed by atoms with van der Waals surface area (Å²) < 4.78 is 12.9. The quantitative estimate of drug-likeness (QED) is 0.904. The zero-order valence-electron chi connectivity index (χ0n) is 11.6. The number of amides is 1. The van der Waals surface area contributed by atoms with Crippen LogP contribution in [0.3, 0.4) is 0 Å². The lowest BCUT2D eigenvalue weighted by atomic mass is 9.78. The van der Waals surface area contributed by atoms with E-state index in [1.807, 2.05) is 13.8 Å². The summed E-state index contributed by atoms with van der Waals surface area (Å²) >= 11 is 0. The number of carboxylic acid groups (broad SMARTS) is 1. The number of benzene rings is 1. The second kappa shape index (κ2) is 5.23. The fourth-order valence-electron chi connectivity index (χ4n) is 2.74. The summed E-state index contributed by atoms with van der Waals surface area (Å²) in [6.45, 7) is 4.61. The first-order valence-electron chi connectivity index (χ1n) is 6.56. The zero-order valence-corrected chi connectivity index (χ0v) is 11.6. The fraction of sp³-hybridized carbons (Fsp3) is 0.467. The van der Waals surface area contributed by atoms with Crippen molar-refractivity contribution >= 4 is 11.9 Å². The molecule has 1 amide bonds. The van der Waals surface area contributed by atoms with E-state index in [9.17, 15) is 19.1 Å². The molecule has 0 saturated carbocycles. The van der Waals surface area contributed by atoms with Crippen LogP contribution in [0.4, 0.5) is 4.39 Å². The molecule has 0 radical (unpaired) electrons. The van der Waals surface area contributed by atoms with Gasteiger partial charge in [0.1, 0.15) is 5.82 Å². The van der Waals surface area contributed by atoms with Gasteiger partial charge in [-0.25, -0.2) is 4.39 Å². The molecule has 2 rings (SSSR count). The molecule has 1 saturated heterocycles. The van der Waals surface area contributed by atoms with Crippen LogP contribution in [0.25, 0.3) is 0 Å². The van der Waals surface area contributed by atoms with Crippen molar-refractivity contribution in [2.24, 2.45) is 11.3 Å². The Hall–Kier alpha value is -1.91. The van der Waals surface area contributed by atoms with Crippen LogP contribution >= 0.6 is 0 Å². The van der Waals surface area contributed by atoms with Crippen molar-refractivity contribution in [2.75, 3.05) is 13.1 Å². The monoisotopic (exact) mass is 279 g/mol. The van der Waals surface area contributed by atoms with Crippen LogP contribution in [-0.4, -0.2) is 35.0 Å². The van der Waals surface area contributed by atoms with E-state index in [1.54, 1.807) is 4.90 Å². The Balaban J connectivity index is 2.20. The average molecular weight is 279 g/mol. The Kier molecular flexibility index (Phi) is 3.79. The van der Waals surface area contributed by atoms with Crippen molar-refractivity contribution in [3.8, 4) is 0 Å². The maximum absolute atomic E-state index is 12.9. The minimum absolute atomic E-state index is 0.203. The van der Waals surface area contributed by atoms with Crippen LogP contribution in [0.5, 0.6) is 0 Å². The number of nitrogens with zero attached hydrogens (tertiary/aromatic N) is 1. The third-order valence-electron chi connectivity index (χ3n) is 3.59. The van der Waals surface area contributed by atoms with E-state index in [-0.39, 0.29) is 17.9 Å². The topological polar surface area (TPSA) is 57.6 Å². The number of hydrogen-bond donors (Lipinski definition) is 1. The highest BCUT2D eigenvalue weighted by Gasteiger charge is 2.38. The Morgan fingerprint density at radius 2 is 1.90 bits per heavy atom. The molecule has 5 heteroatoms. The summed E-state index contributed by atoms with van der Waals surface area (Å²) in [6, 6.07) is 5.32. The molecule has 4 nitrogen and oxygen atoms in total. The van der Waals surface area contributed by atoms with E-state index in [1.165, 1.54) is 24.3 Å². The number of likely N-dealkylation sites (tertiary alicyclic amines) is 1. The number of piperidine rings is 1. The van der Waals surface area contributed by atoms with E-state index in [2.05, 4.69) is 0 Å². The van der Waals surface area contributed by atoms with E-state index in [0.717, 1.165) is 0 Å². The average Bonchev–Trinajstić information content (AvgIpc) is 2.37. The number of hydrogen-bond acceptors (Lipinski definition) is 2. The molecule has 1 unspecified atom stereocenters. The van der Waals surface area contributed by atoms with Crippen LogP contribution in [0.15, 0.2) is 24.3 Å². The van der Waals surface area contributed by atoms with Gasteiger partial charge in [-0.2, -0.15) is 0 Å². The van der Waals surface area contributed by atoms with Gasteiger partial charge in [-0.15, -0.1) is 0 Å². The van der Waals surface area contributed by atoms with Gasteiger partial charge in [-0.3, -0.25) is 9.59 Å². The molecular weight excluding hydrogens is 261 g/mol. The third-order valence-corrected chi connectivity index (χ3v) is 3.59. The minimum atomic E-state index is -0.880. The second-order valence-electron chi connectivity index (χ2n) is 6.10. The minimum Gasteiger partial charge on any atom is -0.481 e. The fourth-order valence-corrected chi connectivity index (χ4v) is 2.74. The smallest absolute Gasteiger partial charge is 0.308 e. The predicted octanol–water partition coefficient (Wildman–Crippen LogP) is 2.40. The first-order chi connectivity index (χ1) is 9.28. The summed E-state index contributed by atoms with van der Waals surface area (Å²) in [5.41, 5.74) is 0.144. The van der Waals surface area contributed by atoms with Gasteiger partial charge in [-0.05, 0) is 36.1 Å². The third kappa shape index (κ3) is 3.15. The van der Waals surface area contributed by atoms with E-state index >= 15 is 0 Å². The molecule has 0 aliphatic carbocycles. The van der Waals surface area contributed by atoms with Crippen molar-refractivity contribution in [1.29, 1.82) is 0 Å². The number of aliphatic carboxylic acids is 1. The summed E-state index contributed by atoms with van der Waals surface area (Å²) in [6.07, 6.45) is 0.551. The summed E-state index contributed by atoms with van der Waals surface area (Å²) in [7, 11) is 0. The molecule has 1 aliphatic heterocycles. The number of carbonyl (C=O) groups is 2. The van der Waals surface area contributed by atoms with Crippen molar-refractivity contribution in [3.63, 3.8) is 0 Å². The number of carboxylic acids is 1. The molecule has 1 heterocycles. The highest BCUT2D eigenvalue weighted by Crippen LogP contribution is 2.33. The summed E-state index contributed by atoms with van der Waals surface area (Å²) in [5, 5.41) is 9.19. The normalized spacial score (nSPS) is 21.6. The van der Waals surface area contributed by atoms with Gasteiger partial charge in [0.25, 0.3) is 5.91 Å². The van der Waals surface area contributed by atoms with Crippen molar-refractivity contribution in [1.82, 2.24) is 4.90 Å². The Morgan fingerprint density at radius 3 is 2.45 bits per heavy atom. The molecule has 0 bridgehead atoms. The maximum atomic E-state index is 12.9. The standard InChI is InChI=1S/C15H18FNO3/c1-15(2)7-11(14(19)20)8-17(9-15)13(18)10-3-5-12(16)6-4-10/h3-6,11H,7-9H2,1-2H3,(H,19,20). The van der Waals surface area contributed by atoms with Gasteiger partial charge >= 0.3 is 5.97 Å². The lowest BCUT2D eigenvalue weighted by Gasteiger charge is -2.41. The summed E-state index contributed by atoms with van der Waals surface area (Å²) in [4.78, 5) is 25.1. The number of rotatable bonds is 2. The van der Waals surface area contributed by atoms with Crippen LogP contribution in [-0.2, 0) is 4.79 Å². The highest BCUT2D eigenvalue weighted by atomic mass is 19.1. The van der Waals surface area contributed by atoms with Crippen molar-refractivity contribution in [3.05, 3.63) is 35.6 Å². The van der Waals surface area contributed by atoms with Gasteiger partial charge in [0.2, 0.25) is 0 Å². The van der Waals surface area contributed by atoms with Crippen LogP contribution in [0.2, 0.25) is 0 Å². The first-order valence-corrected chi connectivity index (χ1v) is 6.56. The molecule has 20 heavy (non-hydrogen) atoms. The van der Waals surface area contributed by atoms with Crippen LogP contribution in [0, 0.1) is 17.2 Å². The molecule has 0 spiro atoms. The van der Waals surface area contributed by atoms with Gasteiger partial charge in [0, 0.05) is 18.7 Å². The zero-order chi connectivity index (χ0) is 14.9. The number of halogens is 1. The highest BCUT2D eigenvalue weighted by molar-refractivity contribution is 5.94. The largest absolute Gasteiger partial charge is 0.481 e. The summed E-state index contributed by atoms with van der Waals surface area (Å²) in [5.74, 6) is -2.08. The Bertz CT molecular complexity index is 524. The Morgan fingerprint density at radius 1 is 1.30 bits per heavy atom. The molecule has 0 aromatic heterocycles. The molecular formula is C15H18FNO3. The molecule has 108 valence electrons. The van der Waals surface area contributed by atoms with Crippen molar-refractivity contribution in [2.45, 2.75) is 20.3 Å². The number of carbonyl (C=O) groups excluding carboxylic acids is 1. The molecule has 1 fully saturated rings. The molecule has 1 atom stereocenters. The molecule has 1 aromatic rings.